The van der Waals surface area contributed by atoms with Crippen LogP contribution in [-0.2, 0) is 6.61 Å². The van der Waals surface area contributed by atoms with Gasteiger partial charge in [0.25, 0.3) is 0 Å². The van der Waals surface area contributed by atoms with Crippen LogP contribution in [0.1, 0.15) is 11.1 Å². The molecule has 1 aliphatic heterocycles. The minimum Gasteiger partial charge on any atom is -0.487 e. The van der Waals surface area contributed by atoms with Gasteiger partial charge in [-0.25, -0.2) is 0 Å². The van der Waals surface area contributed by atoms with Gasteiger partial charge in [0, 0.05) is 4.47 Å². The molecule has 0 amide bonds. The first kappa shape index (κ1) is 13.6. The second-order valence-electron chi connectivity index (χ2n) is 4.51. The Bertz CT molecular complexity index is 635. The predicted octanol–water partition coefficient (Wildman–Crippen LogP) is 4.72. The topological polar surface area (TPSA) is 27.7 Å². The lowest BCUT2D eigenvalue weighted by molar-refractivity contribution is 0.174. The molecular formula is C15H12BrClO3. The maximum Gasteiger partial charge on any atom is 0.231 e. The number of benzene rings is 2. The van der Waals surface area contributed by atoms with E-state index in [1.165, 1.54) is 0 Å². The van der Waals surface area contributed by atoms with Gasteiger partial charge in [0.1, 0.15) is 12.4 Å². The molecule has 0 unspecified atom stereocenters. The summed E-state index contributed by atoms with van der Waals surface area (Å²) in [4.78, 5) is 0. The molecule has 0 radical (unpaired) electrons. The molecule has 0 saturated heterocycles. The average Bonchev–Trinajstić information content (AvgIpc) is 2.84. The highest BCUT2D eigenvalue weighted by Crippen LogP contribution is 2.35. The summed E-state index contributed by atoms with van der Waals surface area (Å²) >= 11 is 9.60. The minimum absolute atomic E-state index is 0.275. The Morgan fingerprint density at radius 1 is 1.20 bits per heavy atom. The van der Waals surface area contributed by atoms with Crippen molar-refractivity contribution < 1.29 is 14.2 Å². The van der Waals surface area contributed by atoms with E-state index in [0.717, 1.165) is 27.1 Å². The van der Waals surface area contributed by atoms with Crippen LogP contribution >= 0.6 is 27.5 Å². The average molecular weight is 356 g/mol. The Hall–Kier alpha value is -1.39. The van der Waals surface area contributed by atoms with E-state index in [1.807, 2.05) is 37.3 Å². The van der Waals surface area contributed by atoms with Gasteiger partial charge in [-0.15, -0.1) is 0 Å². The molecule has 104 valence electrons. The summed E-state index contributed by atoms with van der Waals surface area (Å²) in [6.45, 7) is 2.67. The Labute approximate surface area is 130 Å². The highest BCUT2D eigenvalue weighted by molar-refractivity contribution is 9.10. The Morgan fingerprint density at radius 3 is 2.80 bits per heavy atom. The van der Waals surface area contributed by atoms with Gasteiger partial charge in [-0.05, 0) is 42.3 Å². The SMILES string of the molecule is Cc1cc(Br)cc(Cl)c1OCc1ccc2c(c1)OCO2. The second kappa shape index (κ2) is 5.54. The summed E-state index contributed by atoms with van der Waals surface area (Å²) in [5.41, 5.74) is 2.00. The fourth-order valence-corrected chi connectivity index (χ4v) is 3.08. The van der Waals surface area contributed by atoms with E-state index >= 15 is 0 Å². The van der Waals surface area contributed by atoms with E-state index < -0.39 is 0 Å². The van der Waals surface area contributed by atoms with E-state index in [9.17, 15) is 0 Å². The van der Waals surface area contributed by atoms with Crippen molar-refractivity contribution in [2.45, 2.75) is 13.5 Å². The molecule has 0 N–H and O–H groups in total. The molecule has 0 bridgehead atoms. The Kier molecular flexibility index (Phi) is 3.76. The molecule has 1 aliphatic rings. The zero-order chi connectivity index (χ0) is 14.1. The molecule has 5 heteroatoms. The van der Waals surface area contributed by atoms with E-state index in [-0.39, 0.29) is 6.79 Å². The Balaban J connectivity index is 1.77. The molecule has 0 aliphatic carbocycles. The molecule has 0 aromatic heterocycles. The zero-order valence-corrected chi connectivity index (χ0v) is 13.1. The number of fused-ring (bicyclic) bond motifs is 1. The van der Waals surface area contributed by atoms with Crippen LogP contribution in [0.3, 0.4) is 0 Å². The van der Waals surface area contributed by atoms with Gasteiger partial charge in [-0.2, -0.15) is 0 Å². The van der Waals surface area contributed by atoms with Crippen molar-refractivity contribution in [3.05, 3.63) is 51.0 Å². The van der Waals surface area contributed by atoms with Crippen molar-refractivity contribution in [2.24, 2.45) is 0 Å². The number of rotatable bonds is 3. The van der Waals surface area contributed by atoms with Crippen molar-refractivity contribution >= 4 is 27.5 Å². The van der Waals surface area contributed by atoms with E-state index in [1.54, 1.807) is 0 Å². The summed E-state index contributed by atoms with van der Waals surface area (Å²) < 4.78 is 17.4. The van der Waals surface area contributed by atoms with Crippen molar-refractivity contribution in [1.82, 2.24) is 0 Å². The van der Waals surface area contributed by atoms with Gasteiger partial charge in [0.15, 0.2) is 11.5 Å². The summed E-state index contributed by atoms with van der Waals surface area (Å²) in [6.07, 6.45) is 0. The standard InChI is InChI=1S/C15H12BrClO3/c1-9-4-11(16)6-12(17)15(9)18-7-10-2-3-13-14(5-10)20-8-19-13/h2-6H,7-8H2,1H3. The normalized spacial score (nSPS) is 12.6. The molecule has 20 heavy (non-hydrogen) atoms. The number of hydrogen-bond acceptors (Lipinski definition) is 3. The van der Waals surface area contributed by atoms with Crippen LogP contribution < -0.4 is 14.2 Å². The first-order chi connectivity index (χ1) is 9.63. The first-order valence-electron chi connectivity index (χ1n) is 6.10. The third kappa shape index (κ3) is 2.72. The zero-order valence-electron chi connectivity index (χ0n) is 10.8. The van der Waals surface area contributed by atoms with Crippen LogP contribution in [0, 0.1) is 6.92 Å². The Morgan fingerprint density at radius 2 is 2.00 bits per heavy atom. The van der Waals surface area contributed by atoms with Crippen LogP contribution in [-0.4, -0.2) is 6.79 Å². The van der Waals surface area contributed by atoms with Gasteiger partial charge in [-0.3, -0.25) is 0 Å². The highest BCUT2D eigenvalue weighted by atomic mass is 79.9. The lowest BCUT2D eigenvalue weighted by atomic mass is 10.2. The highest BCUT2D eigenvalue weighted by Gasteiger charge is 2.14. The van der Waals surface area contributed by atoms with Gasteiger partial charge in [-0.1, -0.05) is 33.6 Å². The predicted molar refractivity (Wildman–Crippen MR) is 80.8 cm³/mol. The van der Waals surface area contributed by atoms with Crippen molar-refractivity contribution in [3.63, 3.8) is 0 Å². The number of hydrogen-bond donors (Lipinski definition) is 0. The molecular weight excluding hydrogens is 344 g/mol. The molecule has 0 atom stereocenters. The maximum atomic E-state index is 6.20. The van der Waals surface area contributed by atoms with Gasteiger partial charge < -0.3 is 14.2 Å². The summed E-state index contributed by atoms with van der Waals surface area (Å²) in [6, 6.07) is 9.56. The minimum atomic E-state index is 0.275. The fourth-order valence-electron chi connectivity index (χ4n) is 2.06. The van der Waals surface area contributed by atoms with Crippen LogP contribution in [0.15, 0.2) is 34.8 Å². The van der Waals surface area contributed by atoms with Gasteiger partial charge in [0.05, 0.1) is 5.02 Å². The van der Waals surface area contributed by atoms with Crippen LogP contribution in [0.25, 0.3) is 0 Å². The largest absolute Gasteiger partial charge is 0.487 e. The fraction of sp³-hybridized carbons (Fsp3) is 0.200. The second-order valence-corrected chi connectivity index (χ2v) is 5.83. The summed E-state index contributed by atoms with van der Waals surface area (Å²) in [7, 11) is 0. The smallest absolute Gasteiger partial charge is 0.231 e. The quantitative estimate of drug-likeness (QED) is 0.797. The first-order valence-corrected chi connectivity index (χ1v) is 7.27. The van der Waals surface area contributed by atoms with Crippen molar-refractivity contribution in [1.29, 1.82) is 0 Å². The molecule has 2 aromatic carbocycles. The number of ether oxygens (including phenoxy) is 3. The van der Waals surface area contributed by atoms with Crippen LogP contribution in [0.2, 0.25) is 5.02 Å². The third-order valence-corrected chi connectivity index (χ3v) is 3.75. The molecule has 0 fully saturated rings. The molecule has 2 aromatic rings. The molecule has 3 nitrogen and oxygen atoms in total. The van der Waals surface area contributed by atoms with Crippen LogP contribution in [0.4, 0.5) is 0 Å². The molecule has 3 rings (SSSR count). The lowest BCUT2D eigenvalue weighted by Gasteiger charge is -2.12. The number of aryl methyl sites for hydroxylation is 1. The molecule has 1 heterocycles. The van der Waals surface area contributed by atoms with Gasteiger partial charge >= 0.3 is 0 Å². The lowest BCUT2D eigenvalue weighted by Crippen LogP contribution is -1.98. The van der Waals surface area contributed by atoms with E-state index in [2.05, 4.69) is 15.9 Å². The summed E-state index contributed by atoms with van der Waals surface area (Å²) in [5, 5.41) is 0.595. The monoisotopic (exact) mass is 354 g/mol. The van der Waals surface area contributed by atoms with E-state index in [0.29, 0.717) is 17.4 Å². The van der Waals surface area contributed by atoms with Crippen molar-refractivity contribution in [3.8, 4) is 17.2 Å². The van der Waals surface area contributed by atoms with Crippen molar-refractivity contribution in [2.75, 3.05) is 6.79 Å². The molecule has 0 saturated carbocycles. The number of halogens is 2. The summed E-state index contributed by atoms with van der Waals surface area (Å²) in [5.74, 6) is 2.23. The third-order valence-electron chi connectivity index (χ3n) is 3.01. The van der Waals surface area contributed by atoms with E-state index in [4.69, 9.17) is 25.8 Å². The van der Waals surface area contributed by atoms with Gasteiger partial charge in [0.2, 0.25) is 6.79 Å². The molecule has 0 spiro atoms. The van der Waals surface area contributed by atoms with Crippen LogP contribution in [0.5, 0.6) is 17.2 Å². The maximum absolute atomic E-state index is 6.20.